The average Bonchev–Trinajstić information content (AvgIpc) is 2.58. The number of hydrogen-bond acceptors (Lipinski definition) is 4. The molecule has 0 atom stereocenters. The van der Waals surface area contributed by atoms with Crippen LogP contribution >= 0.6 is 0 Å². The number of ether oxygens (including phenoxy) is 1. The molecule has 2 aliphatic heterocycles. The van der Waals surface area contributed by atoms with Crippen molar-refractivity contribution in [2.24, 2.45) is 0 Å². The molecule has 4 rings (SSSR count). The number of imide groups is 1. The SMILES string of the molecule is CN1C(=O)C2=CCCc3cc(N4CCOCC4)cc(c32)C1=O. The van der Waals surface area contributed by atoms with E-state index in [0.717, 1.165) is 42.7 Å². The predicted octanol–water partition coefficient (Wildman–Crippen LogP) is 1.47. The van der Waals surface area contributed by atoms with Gasteiger partial charge in [0.25, 0.3) is 11.8 Å². The van der Waals surface area contributed by atoms with Gasteiger partial charge in [0.1, 0.15) is 0 Å². The highest BCUT2D eigenvalue weighted by atomic mass is 16.5. The van der Waals surface area contributed by atoms with Crippen LogP contribution in [0.1, 0.15) is 27.9 Å². The van der Waals surface area contributed by atoms with Gasteiger partial charge in [0, 0.05) is 37.0 Å². The van der Waals surface area contributed by atoms with Crippen molar-refractivity contribution in [2.75, 3.05) is 38.3 Å². The number of carbonyl (C=O) groups excluding carboxylic acids is 2. The number of rotatable bonds is 1. The molecule has 5 heteroatoms. The van der Waals surface area contributed by atoms with Crippen molar-refractivity contribution in [3.8, 4) is 0 Å². The number of anilines is 1. The molecule has 1 aromatic carbocycles. The first kappa shape index (κ1) is 13.5. The number of allylic oxidation sites excluding steroid dienone is 1. The van der Waals surface area contributed by atoms with E-state index >= 15 is 0 Å². The lowest BCUT2D eigenvalue weighted by Gasteiger charge is -2.33. The Morgan fingerprint density at radius 2 is 1.86 bits per heavy atom. The fourth-order valence-corrected chi connectivity index (χ4v) is 3.50. The minimum Gasteiger partial charge on any atom is -0.378 e. The van der Waals surface area contributed by atoms with E-state index in [1.54, 1.807) is 7.05 Å². The maximum absolute atomic E-state index is 12.5. The van der Waals surface area contributed by atoms with E-state index in [4.69, 9.17) is 4.74 Å². The van der Waals surface area contributed by atoms with Gasteiger partial charge >= 0.3 is 0 Å². The van der Waals surface area contributed by atoms with Gasteiger partial charge in [-0.1, -0.05) is 6.08 Å². The molecule has 1 aliphatic carbocycles. The Morgan fingerprint density at radius 3 is 2.64 bits per heavy atom. The van der Waals surface area contributed by atoms with E-state index in [2.05, 4.69) is 11.0 Å². The van der Waals surface area contributed by atoms with E-state index < -0.39 is 0 Å². The minimum atomic E-state index is -0.199. The zero-order valence-corrected chi connectivity index (χ0v) is 12.6. The van der Waals surface area contributed by atoms with Crippen molar-refractivity contribution < 1.29 is 14.3 Å². The number of amides is 2. The summed E-state index contributed by atoms with van der Waals surface area (Å²) in [6.07, 6.45) is 3.70. The molecule has 1 saturated heterocycles. The number of aryl methyl sites for hydroxylation is 1. The number of hydrogen-bond donors (Lipinski definition) is 0. The molecule has 0 radical (unpaired) electrons. The molecule has 2 heterocycles. The van der Waals surface area contributed by atoms with Crippen LogP contribution in [0, 0.1) is 0 Å². The van der Waals surface area contributed by atoms with Gasteiger partial charge in [0.15, 0.2) is 0 Å². The lowest BCUT2D eigenvalue weighted by molar-refractivity contribution is -0.121. The molecule has 0 saturated carbocycles. The summed E-state index contributed by atoms with van der Waals surface area (Å²) >= 11 is 0. The molecule has 3 aliphatic rings. The summed E-state index contributed by atoms with van der Waals surface area (Å²) < 4.78 is 5.40. The Kier molecular flexibility index (Phi) is 3.04. The molecule has 0 N–H and O–H groups in total. The largest absolute Gasteiger partial charge is 0.378 e. The highest BCUT2D eigenvalue weighted by Gasteiger charge is 2.36. The van der Waals surface area contributed by atoms with Crippen LogP contribution in [0.5, 0.6) is 0 Å². The summed E-state index contributed by atoms with van der Waals surface area (Å²) in [4.78, 5) is 28.3. The van der Waals surface area contributed by atoms with Gasteiger partial charge in [-0.15, -0.1) is 0 Å². The molecule has 5 nitrogen and oxygen atoms in total. The summed E-state index contributed by atoms with van der Waals surface area (Å²) in [5, 5.41) is 0. The normalized spacial score (nSPS) is 20.9. The van der Waals surface area contributed by atoms with E-state index in [1.165, 1.54) is 4.90 Å². The van der Waals surface area contributed by atoms with Crippen LogP contribution in [0.4, 0.5) is 5.69 Å². The van der Waals surface area contributed by atoms with Crippen LogP contribution in [0.25, 0.3) is 5.57 Å². The number of likely N-dealkylation sites (N-methyl/N-ethyl adjacent to an activating group) is 1. The van der Waals surface area contributed by atoms with Crippen molar-refractivity contribution in [1.29, 1.82) is 0 Å². The summed E-state index contributed by atoms with van der Waals surface area (Å²) in [5.74, 6) is -0.381. The fraction of sp³-hybridized carbons (Fsp3) is 0.412. The molecule has 0 spiro atoms. The van der Waals surface area contributed by atoms with E-state index in [-0.39, 0.29) is 11.8 Å². The highest BCUT2D eigenvalue weighted by Crippen LogP contribution is 2.38. The second kappa shape index (κ2) is 4.95. The fourth-order valence-electron chi connectivity index (χ4n) is 3.50. The van der Waals surface area contributed by atoms with Crippen molar-refractivity contribution >= 4 is 23.1 Å². The van der Waals surface area contributed by atoms with Crippen molar-refractivity contribution in [1.82, 2.24) is 4.90 Å². The summed E-state index contributed by atoms with van der Waals surface area (Å²) in [7, 11) is 1.56. The van der Waals surface area contributed by atoms with E-state index in [0.29, 0.717) is 24.4 Å². The van der Waals surface area contributed by atoms with Gasteiger partial charge in [0.05, 0.1) is 18.8 Å². The first-order valence-corrected chi connectivity index (χ1v) is 7.69. The molecule has 1 aromatic rings. The maximum atomic E-state index is 12.5. The maximum Gasteiger partial charge on any atom is 0.261 e. The Bertz CT molecular complexity index is 702. The number of morpholine rings is 1. The molecule has 114 valence electrons. The Hall–Kier alpha value is -2.14. The topological polar surface area (TPSA) is 49.9 Å². The van der Waals surface area contributed by atoms with Gasteiger partial charge in [-0.2, -0.15) is 0 Å². The zero-order valence-electron chi connectivity index (χ0n) is 12.6. The summed E-state index contributed by atoms with van der Waals surface area (Å²) in [6.45, 7) is 3.10. The quantitative estimate of drug-likeness (QED) is 0.737. The number of nitrogens with zero attached hydrogens (tertiary/aromatic N) is 2. The van der Waals surface area contributed by atoms with Crippen molar-refractivity contribution in [3.63, 3.8) is 0 Å². The smallest absolute Gasteiger partial charge is 0.261 e. The van der Waals surface area contributed by atoms with Crippen LogP contribution in [0.15, 0.2) is 18.2 Å². The second-order valence-corrected chi connectivity index (χ2v) is 5.95. The molecule has 1 fully saturated rings. The second-order valence-electron chi connectivity index (χ2n) is 5.95. The Balaban J connectivity index is 1.87. The van der Waals surface area contributed by atoms with Crippen molar-refractivity contribution in [3.05, 3.63) is 34.9 Å². The van der Waals surface area contributed by atoms with Gasteiger partial charge in [-0.3, -0.25) is 14.5 Å². The van der Waals surface area contributed by atoms with Gasteiger partial charge in [-0.25, -0.2) is 0 Å². The van der Waals surface area contributed by atoms with Crippen molar-refractivity contribution in [2.45, 2.75) is 12.8 Å². The van der Waals surface area contributed by atoms with Gasteiger partial charge in [-0.05, 0) is 30.5 Å². The lowest BCUT2D eigenvalue weighted by atomic mass is 9.83. The molecule has 0 bridgehead atoms. The minimum absolute atomic E-state index is 0.183. The van der Waals surface area contributed by atoms with E-state index in [9.17, 15) is 9.59 Å². The first-order chi connectivity index (χ1) is 10.7. The summed E-state index contributed by atoms with van der Waals surface area (Å²) in [6, 6.07) is 4.08. The van der Waals surface area contributed by atoms with Crippen LogP contribution in [-0.4, -0.2) is 50.1 Å². The monoisotopic (exact) mass is 298 g/mol. The predicted molar refractivity (Wildman–Crippen MR) is 82.9 cm³/mol. The average molecular weight is 298 g/mol. The first-order valence-electron chi connectivity index (χ1n) is 7.69. The number of carbonyl (C=O) groups is 2. The highest BCUT2D eigenvalue weighted by molar-refractivity contribution is 6.31. The molecule has 0 unspecified atom stereocenters. The standard InChI is InChI=1S/C17H18N2O3/c1-18-16(20)13-4-2-3-11-9-12(19-5-7-22-8-6-19)10-14(15(11)13)17(18)21/h4,9-10H,2-3,5-8H2,1H3. The zero-order chi connectivity index (χ0) is 15.3. The molecular formula is C17H18N2O3. The third kappa shape index (κ3) is 1.89. The lowest BCUT2D eigenvalue weighted by Crippen LogP contribution is -2.40. The third-order valence-electron chi connectivity index (χ3n) is 4.68. The Morgan fingerprint density at radius 1 is 1.09 bits per heavy atom. The molecule has 22 heavy (non-hydrogen) atoms. The van der Waals surface area contributed by atoms with Gasteiger partial charge in [0.2, 0.25) is 0 Å². The van der Waals surface area contributed by atoms with Crippen LogP contribution in [-0.2, 0) is 16.0 Å². The molecular weight excluding hydrogens is 280 g/mol. The Labute approximate surface area is 129 Å². The van der Waals surface area contributed by atoms with Crippen LogP contribution < -0.4 is 4.90 Å². The van der Waals surface area contributed by atoms with Crippen LogP contribution in [0.2, 0.25) is 0 Å². The molecule has 2 amide bonds. The summed E-state index contributed by atoms with van der Waals surface area (Å²) in [5.41, 5.74) is 4.39. The van der Waals surface area contributed by atoms with Crippen LogP contribution in [0.3, 0.4) is 0 Å². The molecule has 0 aromatic heterocycles. The van der Waals surface area contributed by atoms with E-state index in [1.807, 2.05) is 12.1 Å². The van der Waals surface area contributed by atoms with Gasteiger partial charge < -0.3 is 9.64 Å². The number of benzene rings is 1. The third-order valence-corrected chi connectivity index (χ3v) is 4.68.